The lowest BCUT2D eigenvalue weighted by molar-refractivity contribution is -0.130. The van der Waals surface area contributed by atoms with Crippen molar-refractivity contribution in [3.05, 3.63) is 39.4 Å². The minimum absolute atomic E-state index is 0.325. The first-order valence-corrected chi connectivity index (χ1v) is 5.77. The Kier molecular flexibility index (Phi) is 3.22. The van der Waals surface area contributed by atoms with Crippen LogP contribution in [0.15, 0.2) is 18.2 Å². The van der Waals surface area contributed by atoms with Gasteiger partial charge in [0.25, 0.3) is 0 Å². The van der Waals surface area contributed by atoms with Crippen molar-refractivity contribution in [3.8, 4) is 0 Å². The molecule has 4 heteroatoms. The van der Waals surface area contributed by atoms with E-state index >= 15 is 0 Å². The highest BCUT2D eigenvalue weighted by molar-refractivity contribution is 6.42. The third kappa shape index (κ3) is 1.95. The van der Waals surface area contributed by atoms with Crippen LogP contribution in [0.2, 0.25) is 10.0 Å². The molecule has 0 amide bonds. The fourth-order valence-electron chi connectivity index (χ4n) is 1.93. The van der Waals surface area contributed by atoms with Crippen molar-refractivity contribution >= 4 is 34.7 Å². The van der Waals surface area contributed by atoms with E-state index in [0.717, 1.165) is 24.8 Å². The van der Waals surface area contributed by atoms with E-state index in [1.807, 2.05) is 0 Å². The van der Waals surface area contributed by atoms with Crippen molar-refractivity contribution in [2.75, 3.05) is 0 Å². The maximum Gasteiger partial charge on any atom is 0.335 e. The molecular formula is C12H10Cl2O2. The van der Waals surface area contributed by atoms with E-state index in [0.29, 0.717) is 21.2 Å². The van der Waals surface area contributed by atoms with Crippen LogP contribution in [0.1, 0.15) is 24.0 Å². The van der Waals surface area contributed by atoms with Crippen LogP contribution in [0.25, 0.3) is 5.57 Å². The monoisotopic (exact) mass is 256 g/mol. The van der Waals surface area contributed by atoms with Gasteiger partial charge in [-0.25, -0.2) is 4.79 Å². The number of allylic oxidation sites excluding steroid dienone is 1. The average molecular weight is 257 g/mol. The Labute approximate surface area is 103 Å². The lowest BCUT2D eigenvalue weighted by Gasteiger charge is -2.10. The van der Waals surface area contributed by atoms with Gasteiger partial charge >= 0.3 is 5.97 Å². The van der Waals surface area contributed by atoms with Crippen LogP contribution in [0.3, 0.4) is 0 Å². The fourth-order valence-corrected chi connectivity index (χ4v) is 2.36. The van der Waals surface area contributed by atoms with E-state index < -0.39 is 5.97 Å². The van der Waals surface area contributed by atoms with Crippen molar-refractivity contribution in [3.63, 3.8) is 0 Å². The zero-order valence-corrected chi connectivity index (χ0v) is 9.98. The maximum absolute atomic E-state index is 11.1. The van der Waals surface area contributed by atoms with Gasteiger partial charge in [0.05, 0.1) is 15.6 Å². The summed E-state index contributed by atoms with van der Waals surface area (Å²) in [6.07, 6.45) is 4.16. The molecule has 0 spiro atoms. The normalized spacial score (nSPS) is 15.0. The van der Waals surface area contributed by atoms with E-state index in [1.54, 1.807) is 18.2 Å². The lowest BCUT2D eigenvalue weighted by atomic mass is 9.99. The Morgan fingerprint density at radius 3 is 2.75 bits per heavy atom. The summed E-state index contributed by atoms with van der Waals surface area (Å²) in [6, 6.07) is 3.37. The zero-order valence-electron chi connectivity index (χ0n) is 8.46. The molecule has 0 unspecified atom stereocenters. The SMILES string of the molecule is O=C(O)C1=CCCCc2c1ccc(Cl)c2Cl. The summed E-state index contributed by atoms with van der Waals surface area (Å²) < 4.78 is 0. The molecule has 0 atom stereocenters. The van der Waals surface area contributed by atoms with Crippen molar-refractivity contribution < 1.29 is 9.90 Å². The summed E-state index contributed by atoms with van der Waals surface area (Å²) in [6.45, 7) is 0. The molecule has 0 bridgehead atoms. The summed E-state index contributed by atoms with van der Waals surface area (Å²) in [5.41, 5.74) is 1.87. The van der Waals surface area contributed by atoms with Gasteiger partial charge in [0.1, 0.15) is 0 Å². The molecule has 16 heavy (non-hydrogen) atoms. The number of rotatable bonds is 1. The van der Waals surface area contributed by atoms with Gasteiger partial charge in [0, 0.05) is 0 Å². The number of carboxylic acid groups (broad SMARTS) is 1. The molecule has 1 aromatic rings. The number of carboxylic acids is 1. The van der Waals surface area contributed by atoms with Crippen LogP contribution >= 0.6 is 23.2 Å². The van der Waals surface area contributed by atoms with Gasteiger partial charge < -0.3 is 5.11 Å². The second-order valence-electron chi connectivity index (χ2n) is 3.70. The van der Waals surface area contributed by atoms with Crippen molar-refractivity contribution in [2.45, 2.75) is 19.3 Å². The molecule has 0 saturated carbocycles. The van der Waals surface area contributed by atoms with Crippen LogP contribution in [0.5, 0.6) is 0 Å². The fraction of sp³-hybridized carbons (Fsp3) is 0.250. The Hall–Kier alpha value is -0.990. The van der Waals surface area contributed by atoms with Gasteiger partial charge in [0.15, 0.2) is 0 Å². The highest BCUT2D eigenvalue weighted by Crippen LogP contribution is 2.35. The molecule has 0 aliphatic heterocycles. The first-order chi connectivity index (χ1) is 7.61. The molecule has 2 nitrogen and oxygen atoms in total. The highest BCUT2D eigenvalue weighted by atomic mass is 35.5. The molecule has 0 saturated heterocycles. The van der Waals surface area contributed by atoms with E-state index in [-0.39, 0.29) is 0 Å². The number of fused-ring (bicyclic) bond motifs is 1. The Balaban J connectivity index is 2.64. The summed E-state index contributed by atoms with van der Waals surface area (Å²) in [5, 5.41) is 10.1. The van der Waals surface area contributed by atoms with E-state index in [1.165, 1.54) is 0 Å². The van der Waals surface area contributed by atoms with Crippen LogP contribution in [-0.4, -0.2) is 11.1 Å². The average Bonchev–Trinajstić information content (AvgIpc) is 2.46. The third-order valence-corrected chi connectivity index (χ3v) is 3.54. The number of hydrogen-bond acceptors (Lipinski definition) is 1. The number of aliphatic carboxylic acids is 1. The van der Waals surface area contributed by atoms with Crippen molar-refractivity contribution in [2.24, 2.45) is 0 Å². The Bertz CT molecular complexity index is 478. The maximum atomic E-state index is 11.1. The second kappa shape index (κ2) is 4.48. The van der Waals surface area contributed by atoms with Gasteiger partial charge in [-0.1, -0.05) is 35.3 Å². The van der Waals surface area contributed by atoms with Gasteiger partial charge in [-0.3, -0.25) is 0 Å². The van der Waals surface area contributed by atoms with E-state index in [4.69, 9.17) is 28.3 Å². The summed E-state index contributed by atoms with van der Waals surface area (Å²) in [7, 11) is 0. The second-order valence-corrected chi connectivity index (χ2v) is 4.49. The highest BCUT2D eigenvalue weighted by Gasteiger charge is 2.19. The lowest BCUT2D eigenvalue weighted by Crippen LogP contribution is -2.02. The molecule has 0 fully saturated rings. The van der Waals surface area contributed by atoms with Crippen LogP contribution < -0.4 is 0 Å². The first-order valence-electron chi connectivity index (χ1n) is 5.02. The van der Waals surface area contributed by atoms with E-state index in [2.05, 4.69) is 0 Å². The number of benzene rings is 1. The van der Waals surface area contributed by atoms with Crippen LogP contribution in [0, 0.1) is 0 Å². The van der Waals surface area contributed by atoms with Gasteiger partial charge in [-0.05, 0) is 36.5 Å². The predicted molar refractivity (Wildman–Crippen MR) is 65.0 cm³/mol. The molecule has 0 heterocycles. The molecule has 0 radical (unpaired) electrons. The number of hydrogen-bond donors (Lipinski definition) is 1. The standard InChI is InChI=1S/C12H10Cl2O2/c13-10-6-5-7-8(11(10)14)3-1-2-4-9(7)12(15)16/h4-6H,1-3H2,(H,15,16). The summed E-state index contributed by atoms with van der Waals surface area (Å²) >= 11 is 12.0. The molecule has 84 valence electrons. The summed E-state index contributed by atoms with van der Waals surface area (Å²) in [5.74, 6) is -0.915. The first kappa shape index (κ1) is 11.5. The molecule has 0 aromatic heterocycles. The summed E-state index contributed by atoms with van der Waals surface area (Å²) in [4.78, 5) is 11.1. The zero-order chi connectivity index (χ0) is 11.7. The Morgan fingerprint density at radius 1 is 1.31 bits per heavy atom. The molecule has 2 rings (SSSR count). The molecule has 1 aromatic carbocycles. The molecule has 1 aliphatic carbocycles. The van der Waals surface area contributed by atoms with Crippen molar-refractivity contribution in [1.29, 1.82) is 0 Å². The van der Waals surface area contributed by atoms with Gasteiger partial charge in [-0.2, -0.15) is 0 Å². The van der Waals surface area contributed by atoms with Crippen LogP contribution in [0.4, 0.5) is 0 Å². The Morgan fingerprint density at radius 2 is 2.06 bits per heavy atom. The van der Waals surface area contributed by atoms with Gasteiger partial charge in [-0.15, -0.1) is 0 Å². The predicted octanol–water partition coefficient (Wildman–Crippen LogP) is 3.80. The largest absolute Gasteiger partial charge is 0.478 e. The number of halogens is 2. The molecular weight excluding hydrogens is 247 g/mol. The molecule has 1 aliphatic rings. The minimum atomic E-state index is -0.915. The smallest absolute Gasteiger partial charge is 0.335 e. The molecule has 1 N–H and O–H groups in total. The third-order valence-electron chi connectivity index (χ3n) is 2.70. The van der Waals surface area contributed by atoms with E-state index in [9.17, 15) is 4.79 Å². The number of carbonyl (C=O) groups is 1. The van der Waals surface area contributed by atoms with Crippen LogP contribution in [-0.2, 0) is 11.2 Å². The minimum Gasteiger partial charge on any atom is -0.478 e. The topological polar surface area (TPSA) is 37.3 Å². The van der Waals surface area contributed by atoms with Crippen molar-refractivity contribution in [1.82, 2.24) is 0 Å². The van der Waals surface area contributed by atoms with Gasteiger partial charge in [0.2, 0.25) is 0 Å². The quantitative estimate of drug-likeness (QED) is 0.830.